The predicted octanol–water partition coefficient (Wildman–Crippen LogP) is 4.91. The minimum Gasteiger partial charge on any atom is -0.462 e. The van der Waals surface area contributed by atoms with Crippen LogP contribution >= 0.6 is 0 Å². The van der Waals surface area contributed by atoms with E-state index in [1.54, 1.807) is 0 Å². The van der Waals surface area contributed by atoms with Crippen molar-refractivity contribution in [1.29, 1.82) is 0 Å². The van der Waals surface area contributed by atoms with Gasteiger partial charge in [-0.05, 0) is 49.9 Å². The van der Waals surface area contributed by atoms with Gasteiger partial charge in [0.25, 0.3) is 0 Å². The summed E-state index contributed by atoms with van der Waals surface area (Å²) in [5.41, 5.74) is 5.22. The summed E-state index contributed by atoms with van der Waals surface area (Å²) in [5, 5.41) is 4.56. The van der Waals surface area contributed by atoms with Crippen LogP contribution in [0.1, 0.15) is 59.7 Å². The Morgan fingerprint density at radius 2 is 1.90 bits per heavy atom. The van der Waals surface area contributed by atoms with E-state index >= 15 is 0 Å². The zero-order chi connectivity index (χ0) is 21.0. The number of rotatable bonds is 7. The van der Waals surface area contributed by atoms with Crippen molar-refractivity contribution >= 4 is 16.9 Å². The van der Waals surface area contributed by atoms with E-state index in [0.717, 1.165) is 27.7 Å². The van der Waals surface area contributed by atoms with Gasteiger partial charge in [0, 0.05) is 18.1 Å². The van der Waals surface area contributed by atoms with E-state index in [9.17, 15) is 4.79 Å². The van der Waals surface area contributed by atoms with Crippen LogP contribution in [0.2, 0.25) is 0 Å². The maximum Gasteiger partial charge on any atom is 0.340 e. The van der Waals surface area contributed by atoms with Crippen LogP contribution in [0.5, 0.6) is 0 Å². The van der Waals surface area contributed by atoms with Gasteiger partial charge in [0.1, 0.15) is 0 Å². The molecule has 0 aliphatic heterocycles. The summed E-state index contributed by atoms with van der Waals surface area (Å²) < 4.78 is 5.34. The Morgan fingerprint density at radius 1 is 1.14 bits per heavy atom. The van der Waals surface area contributed by atoms with E-state index in [-0.39, 0.29) is 12.0 Å². The maximum atomic E-state index is 12.7. The van der Waals surface area contributed by atoms with Crippen molar-refractivity contribution in [2.24, 2.45) is 5.92 Å². The molecular formula is C24H29N3O2. The summed E-state index contributed by atoms with van der Waals surface area (Å²) in [6.07, 6.45) is 1.82. The minimum atomic E-state index is -0.324. The van der Waals surface area contributed by atoms with Crippen molar-refractivity contribution in [3.05, 3.63) is 70.7 Å². The van der Waals surface area contributed by atoms with E-state index in [1.165, 1.54) is 0 Å². The Morgan fingerprint density at radius 3 is 2.59 bits per heavy atom. The van der Waals surface area contributed by atoms with E-state index in [2.05, 4.69) is 37.1 Å². The van der Waals surface area contributed by atoms with Crippen molar-refractivity contribution in [1.82, 2.24) is 15.3 Å². The monoisotopic (exact) mass is 391 g/mol. The SMILES string of the molecule is CCOC(=O)c1c(CNC(c2ncccc2C)C(C)C)nc2ccccc2c1C. The molecule has 0 aliphatic rings. The van der Waals surface area contributed by atoms with E-state index in [1.807, 2.05) is 50.4 Å². The summed E-state index contributed by atoms with van der Waals surface area (Å²) in [6.45, 7) is 11.0. The van der Waals surface area contributed by atoms with Crippen LogP contribution in [-0.2, 0) is 11.3 Å². The third kappa shape index (κ3) is 4.46. The number of para-hydroxylation sites is 1. The van der Waals surface area contributed by atoms with Crippen LogP contribution in [0, 0.1) is 19.8 Å². The van der Waals surface area contributed by atoms with Crippen molar-refractivity contribution in [3.63, 3.8) is 0 Å². The van der Waals surface area contributed by atoms with E-state index in [0.29, 0.717) is 30.3 Å². The molecule has 3 aromatic rings. The number of carbonyl (C=O) groups excluding carboxylic acids is 1. The van der Waals surface area contributed by atoms with Gasteiger partial charge in [-0.25, -0.2) is 4.79 Å². The number of esters is 1. The number of hydrogen-bond acceptors (Lipinski definition) is 5. The summed E-state index contributed by atoms with van der Waals surface area (Å²) >= 11 is 0. The summed E-state index contributed by atoms with van der Waals surface area (Å²) in [4.78, 5) is 22.1. The second-order valence-electron chi connectivity index (χ2n) is 7.60. The number of pyridine rings is 2. The first-order chi connectivity index (χ1) is 13.9. The molecule has 2 aromatic heterocycles. The van der Waals surface area contributed by atoms with Crippen molar-refractivity contribution < 1.29 is 9.53 Å². The smallest absolute Gasteiger partial charge is 0.340 e. The lowest BCUT2D eigenvalue weighted by Gasteiger charge is -2.24. The average Bonchev–Trinajstić information content (AvgIpc) is 2.69. The van der Waals surface area contributed by atoms with Gasteiger partial charge in [-0.1, -0.05) is 38.1 Å². The third-order valence-corrected chi connectivity index (χ3v) is 5.21. The first-order valence-electron chi connectivity index (χ1n) is 10.1. The van der Waals surface area contributed by atoms with Gasteiger partial charge < -0.3 is 10.1 Å². The second-order valence-corrected chi connectivity index (χ2v) is 7.60. The number of aromatic nitrogens is 2. The molecule has 1 atom stereocenters. The van der Waals surface area contributed by atoms with Crippen LogP contribution in [0.25, 0.3) is 10.9 Å². The molecule has 152 valence electrons. The lowest BCUT2D eigenvalue weighted by atomic mass is 9.96. The molecular weight excluding hydrogens is 362 g/mol. The predicted molar refractivity (Wildman–Crippen MR) is 116 cm³/mol. The Hall–Kier alpha value is -2.79. The van der Waals surface area contributed by atoms with Gasteiger partial charge in [-0.15, -0.1) is 0 Å². The first-order valence-corrected chi connectivity index (χ1v) is 10.1. The molecule has 0 saturated heterocycles. The average molecular weight is 392 g/mol. The molecule has 29 heavy (non-hydrogen) atoms. The highest BCUT2D eigenvalue weighted by Crippen LogP contribution is 2.26. The third-order valence-electron chi connectivity index (χ3n) is 5.21. The fourth-order valence-corrected chi connectivity index (χ4v) is 3.72. The number of carbonyl (C=O) groups is 1. The van der Waals surface area contributed by atoms with Crippen LogP contribution in [0.3, 0.4) is 0 Å². The summed E-state index contributed by atoms with van der Waals surface area (Å²) in [7, 11) is 0. The molecule has 0 amide bonds. The topological polar surface area (TPSA) is 64.1 Å². The molecule has 0 aliphatic carbocycles. The Kier molecular flexibility index (Phi) is 6.60. The zero-order valence-corrected chi connectivity index (χ0v) is 17.8. The Labute approximate surface area is 172 Å². The molecule has 5 nitrogen and oxygen atoms in total. The number of fused-ring (bicyclic) bond motifs is 1. The number of hydrogen-bond donors (Lipinski definition) is 1. The highest BCUT2D eigenvalue weighted by molar-refractivity contribution is 5.98. The van der Waals surface area contributed by atoms with Crippen molar-refractivity contribution in [3.8, 4) is 0 Å². The van der Waals surface area contributed by atoms with Gasteiger partial charge in [-0.2, -0.15) is 0 Å². The molecule has 1 aromatic carbocycles. The molecule has 0 bridgehead atoms. The second kappa shape index (κ2) is 9.14. The Bertz CT molecular complexity index is 1010. The fraction of sp³-hybridized carbons (Fsp3) is 0.375. The lowest BCUT2D eigenvalue weighted by Crippen LogP contribution is -2.28. The van der Waals surface area contributed by atoms with Gasteiger partial charge in [0.15, 0.2) is 0 Å². The molecule has 0 saturated carbocycles. The lowest BCUT2D eigenvalue weighted by molar-refractivity contribution is 0.0523. The summed E-state index contributed by atoms with van der Waals surface area (Å²) in [6, 6.07) is 12.0. The zero-order valence-electron chi connectivity index (χ0n) is 17.8. The maximum absolute atomic E-state index is 12.7. The highest BCUT2D eigenvalue weighted by Gasteiger charge is 2.23. The number of nitrogens with one attached hydrogen (secondary N) is 1. The molecule has 2 heterocycles. The molecule has 0 radical (unpaired) electrons. The Balaban J connectivity index is 2.01. The quantitative estimate of drug-likeness (QED) is 0.580. The van der Waals surface area contributed by atoms with E-state index in [4.69, 9.17) is 9.72 Å². The van der Waals surface area contributed by atoms with Gasteiger partial charge >= 0.3 is 5.97 Å². The minimum absolute atomic E-state index is 0.0554. The van der Waals surface area contributed by atoms with Crippen LogP contribution < -0.4 is 5.32 Å². The highest BCUT2D eigenvalue weighted by atomic mass is 16.5. The van der Waals surface area contributed by atoms with Crippen molar-refractivity contribution in [2.75, 3.05) is 6.61 Å². The molecule has 3 rings (SSSR count). The molecule has 1 N–H and O–H groups in total. The molecule has 5 heteroatoms. The molecule has 1 unspecified atom stereocenters. The molecule has 0 spiro atoms. The van der Waals surface area contributed by atoms with Crippen LogP contribution in [-0.4, -0.2) is 22.5 Å². The van der Waals surface area contributed by atoms with E-state index < -0.39 is 0 Å². The number of benzene rings is 1. The first kappa shape index (κ1) is 20.9. The van der Waals surface area contributed by atoms with Gasteiger partial charge in [0.2, 0.25) is 0 Å². The fourth-order valence-electron chi connectivity index (χ4n) is 3.72. The number of nitrogens with zero attached hydrogens (tertiary/aromatic N) is 2. The number of aryl methyl sites for hydroxylation is 2. The number of ether oxygens (including phenoxy) is 1. The van der Waals surface area contributed by atoms with Crippen LogP contribution in [0.15, 0.2) is 42.6 Å². The standard InChI is InChI=1S/C24H29N3O2/c1-6-29-24(28)21-17(5)18-11-7-8-12-19(18)27-20(21)14-26-22(15(2)3)23-16(4)10-9-13-25-23/h7-13,15,22,26H,6,14H2,1-5H3. The van der Waals surface area contributed by atoms with Crippen molar-refractivity contribution in [2.45, 2.75) is 47.2 Å². The van der Waals surface area contributed by atoms with Crippen LogP contribution in [0.4, 0.5) is 0 Å². The van der Waals surface area contributed by atoms with Gasteiger partial charge in [0.05, 0.1) is 35.1 Å². The molecule has 0 fully saturated rings. The van der Waals surface area contributed by atoms with Gasteiger partial charge in [-0.3, -0.25) is 9.97 Å². The summed E-state index contributed by atoms with van der Waals surface area (Å²) in [5.74, 6) is 0.00589. The normalized spacial score (nSPS) is 12.3. The largest absolute Gasteiger partial charge is 0.462 e.